The Hall–Kier alpha value is -1.03. The number of carbonyl (C=O) groups is 1. The maximum atomic E-state index is 11.2. The first-order valence-electron chi connectivity index (χ1n) is 7.34. The first-order valence-corrected chi connectivity index (χ1v) is 7.34. The van der Waals surface area contributed by atoms with Gasteiger partial charge in [-0.25, -0.2) is 4.79 Å². The second-order valence-electron chi connectivity index (χ2n) is 6.70. The summed E-state index contributed by atoms with van der Waals surface area (Å²) in [5.74, 6) is 0. The summed E-state index contributed by atoms with van der Waals surface area (Å²) >= 11 is 0. The van der Waals surface area contributed by atoms with Gasteiger partial charge in [0.15, 0.2) is 0 Å². The van der Waals surface area contributed by atoms with Crippen molar-refractivity contribution in [3.63, 3.8) is 0 Å². The Labute approximate surface area is 122 Å². The van der Waals surface area contributed by atoms with E-state index in [1.54, 1.807) is 6.92 Å². The standard InChI is InChI=1S/C16H28O4/c1-7-18-14(17)19-11-16(5,6)20-12(2)13-8-9-15(3,4)10-13/h10,12H,7-9,11H2,1-6H3. The SMILES string of the molecule is CCOC(=O)OCC(C)(C)OC(C)C1=CC(C)(C)CC1. The maximum Gasteiger partial charge on any atom is 0.508 e. The third kappa shape index (κ3) is 5.53. The molecule has 0 heterocycles. The van der Waals surface area contributed by atoms with Crippen LogP contribution >= 0.6 is 0 Å². The minimum absolute atomic E-state index is 0.0394. The van der Waals surface area contributed by atoms with Crippen molar-refractivity contribution in [2.45, 2.75) is 66.1 Å². The van der Waals surface area contributed by atoms with Crippen molar-refractivity contribution in [2.75, 3.05) is 13.2 Å². The van der Waals surface area contributed by atoms with Gasteiger partial charge in [0.2, 0.25) is 0 Å². The highest BCUT2D eigenvalue weighted by Gasteiger charge is 2.30. The summed E-state index contributed by atoms with van der Waals surface area (Å²) in [4.78, 5) is 11.2. The van der Waals surface area contributed by atoms with Crippen LogP contribution in [-0.2, 0) is 14.2 Å². The zero-order chi connectivity index (χ0) is 15.4. The average Bonchev–Trinajstić information content (AvgIpc) is 2.67. The molecule has 0 fully saturated rings. The van der Waals surface area contributed by atoms with Gasteiger partial charge in [0.05, 0.1) is 18.3 Å². The summed E-state index contributed by atoms with van der Waals surface area (Å²) in [7, 11) is 0. The number of hydrogen-bond donors (Lipinski definition) is 0. The van der Waals surface area contributed by atoms with Crippen LogP contribution in [0.15, 0.2) is 11.6 Å². The summed E-state index contributed by atoms with van der Waals surface area (Å²) in [6, 6.07) is 0. The third-order valence-corrected chi connectivity index (χ3v) is 3.45. The fourth-order valence-electron chi connectivity index (χ4n) is 2.41. The van der Waals surface area contributed by atoms with Crippen molar-refractivity contribution in [1.29, 1.82) is 0 Å². The molecule has 1 rings (SSSR count). The smallest absolute Gasteiger partial charge is 0.435 e. The average molecular weight is 284 g/mol. The zero-order valence-corrected chi connectivity index (χ0v) is 13.6. The Morgan fingerprint density at radius 3 is 2.55 bits per heavy atom. The van der Waals surface area contributed by atoms with Gasteiger partial charge in [0, 0.05) is 0 Å². The minimum atomic E-state index is -0.641. The maximum absolute atomic E-state index is 11.2. The molecular formula is C16H28O4. The van der Waals surface area contributed by atoms with Gasteiger partial charge in [0.25, 0.3) is 0 Å². The van der Waals surface area contributed by atoms with E-state index in [9.17, 15) is 4.79 Å². The summed E-state index contributed by atoms with van der Waals surface area (Å²) in [5, 5.41) is 0. The third-order valence-electron chi connectivity index (χ3n) is 3.45. The van der Waals surface area contributed by atoms with Crippen molar-refractivity contribution < 1.29 is 19.0 Å². The lowest BCUT2D eigenvalue weighted by atomic mass is 9.94. The van der Waals surface area contributed by atoms with Gasteiger partial charge >= 0.3 is 6.16 Å². The molecule has 20 heavy (non-hydrogen) atoms. The molecule has 0 amide bonds. The molecule has 0 aromatic rings. The molecule has 0 spiro atoms. The van der Waals surface area contributed by atoms with Crippen molar-refractivity contribution in [1.82, 2.24) is 0 Å². The fraction of sp³-hybridized carbons (Fsp3) is 0.812. The molecule has 0 N–H and O–H groups in total. The van der Waals surface area contributed by atoms with E-state index in [4.69, 9.17) is 14.2 Å². The molecule has 4 nitrogen and oxygen atoms in total. The Morgan fingerprint density at radius 2 is 2.05 bits per heavy atom. The first-order chi connectivity index (χ1) is 9.15. The summed E-state index contributed by atoms with van der Waals surface area (Å²) in [6.07, 6.45) is 3.94. The van der Waals surface area contributed by atoms with Gasteiger partial charge in [-0.2, -0.15) is 0 Å². The molecule has 1 aliphatic rings. The quantitative estimate of drug-likeness (QED) is 0.544. The lowest BCUT2D eigenvalue weighted by Crippen LogP contribution is -2.36. The van der Waals surface area contributed by atoms with Crippen molar-refractivity contribution in [3.05, 3.63) is 11.6 Å². The molecule has 4 heteroatoms. The van der Waals surface area contributed by atoms with E-state index in [2.05, 4.69) is 26.8 Å². The van der Waals surface area contributed by atoms with E-state index in [0.717, 1.165) is 12.8 Å². The van der Waals surface area contributed by atoms with E-state index in [1.165, 1.54) is 5.57 Å². The van der Waals surface area contributed by atoms with Gasteiger partial charge in [-0.1, -0.05) is 19.9 Å². The second-order valence-corrected chi connectivity index (χ2v) is 6.70. The zero-order valence-electron chi connectivity index (χ0n) is 13.6. The molecule has 0 aliphatic heterocycles. The van der Waals surface area contributed by atoms with Crippen molar-refractivity contribution >= 4 is 6.16 Å². The van der Waals surface area contributed by atoms with Crippen LogP contribution in [0, 0.1) is 5.41 Å². The highest BCUT2D eigenvalue weighted by molar-refractivity contribution is 5.59. The molecule has 0 saturated heterocycles. The minimum Gasteiger partial charge on any atom is -0.435 e. The molecular weight excluding hydrogens is 256 g/mol. The van der Waals surface area contributed by atoms with E-state index in [1.807, 2.05) is 13.8 Å². The molecule has 0 aromatic carbocycles. The second kappa shape index (κ2) is 6.61. The number of rotatable bonds is 6. The normalized spacial score (nSPS) is 19.4. The van der Waals surface area contributed by atoms with Crippen molar-refractivity contribution in [2.24, 2.45) is 5.41 Å². The van der Waals surface area contributed by atoms with Crippen LogP contribution in [0.4, 0.5) is 4.79 Å². The van der Waals surface area contributed by atoms with Crippen LogP contribution in [0.5, 0.6) is 0 Å². The molecule has 1 aliphatic carbocycles. The highest BCUT2D eigenvalue weighted by Crippen LogP contribution is 2.37. The van der Waals surface area contributed by atoms with Crippen LogP contribution in [-0.4, -0.2) is 31.1 Å². The van der Waals surface area contributed by atoms with Crippen LogP contribution in [0.1, 0.15) is 54.4 Å². The fourth-order valence-corrected chi connectivity index (χ4v) is 2.41. The number of ether oxygens (including phenoxy) is 3. The molecule has 0 bridgehead atoms. The van der Waals surface area contributed by atoms with Gasteiger partial charge in [-0.05, 0) is 51.5 Å². The topological polar surface area (TPSA) is 44.8 Å². The molecule has 0 aromatic heterocycles. The van der Waals surface area contributed by atoms with E-state index in [0.29, 0.717) is 6.61 Å². The molecule has 1 unspecified atom stereocenters. The molecule has 0 radical (unpaired) electrons. The highest BCUT2D eigenvalue weighted by atomic mass is 16.7. The Kier molecular flexibility index (Phi) is 5.63. The van der Waals surface area contributed by atoms with Crippen molar-refractivity contribution in [3.8, 4) is 0 Å². The van der Waals surface area contributed by atoms with Gasteiger partial charge < -0.3 is 14.2 Å². The van der Waals surface area contributed by atoms with Crippen LogP contribution in [0.3, 0.4) is 0 Å². The predicted molar refractivity (Wildman–Crippen MR) is 78.7 cm³/mol. The monoisotopic (exact) mass is 284 g/mol. The largest absolute Gasteiger partial charge is 0.508 e. The van der Waals surface area contributed by atoms with E-state index >= 15 is 0 Å². The van der Waals surface area contributed by atoms with Crippen LogP contribution in [0.2, 0.25) is 0 Å². The predicted octanol–water partition coefficient (Wildman–Crippen LogP) is 4.09. The number of hydrogen-bond acceptors (Lipinski definition) is 4. The van der Waals surface area contributed by atoms with Gasteiger partial charge in [-0.3, -0.25) is 0 Å². The summed E-state index contributed by atoms with van der Waals surface area (Å²) in [6.45, 7) is 12.6. The van der Waals surface area contributed by atoms with E-state index in [-0.39, 0.29) is 18.1 Å². The number of allylic oxidation sites excluding steroid dienone is 1. The van der Waals surface area contributed by atoms with Gasteiger partial charge in [-0.15, -0.1) is 0 Å². The molecule has 0 saturated carbocycles. The summed E-state index contributed by atoms with van der Waals surface area (Å²) in [5.41, 5.74) is 1.07. The van der Waals surface area contributed by atoms with Gasteiger partial charge in [0.1, 0.15) is 6.61 Å². The Bertz CT molecular complexity index is 369. The number of carbonyl (C=O) groups excluding carboxylic acids is 1. The summed E-state index contributed by atoms with van der Waals surface area (Å²) < 4.78 is 15.8. The van der Waals surface area contributed by atoms with E-state index < -0.39 is 11.8 Å². The lowest BCUT2D eigenvalue weighted by Gasteiger charge is -2.29. The molecule has 116 valence electrons. The lowest BCUT2D eigenvalue weighted by molar-refractivity contribution is -0.0892. The van der Waals surface area contributed by atoms with Crippen LogP contribution in [0.25, 0.3) is 0 Å². The Balaban J connectivity index is 2.47. The van der Waals surface area contributed by atoms with Crippen LogP contribution < -0.4 is 0 Å². The first kappa shape index (κ1) is 17.0. The molecule has 1 atom stereocenters. The Morgan fingerprint density at radius 1 is 1.40 bits per heavy atom.